The molecule has 1 aromatic carbocycles. The first-order valence-corrected chi connectivity index (χ1v) is 11.7. The lowest BCUT2D eigenvalue weighted by Gasteiger charge is -2.28. The molecule has 1 aliphatic carbocycles. The molecule has 2 amide bonds. The number of nitrogens with zero attached hydrogens (tertiary/aromatic N) is 3. The molecule has 2 heterocycles. The van der Waals surface area contributed by atoms with Crippen molar-refractivity contribution in [3.05, 3.63) is 53.3 Å². The van der Waals surface area contributed by atoms with Crippen LogP contribution in [0.25, 0.3) is 0 Å². The van der Waals surface area contributed by atoms with Crippen molar-refractivity contribution in [2.75, 3.05) is 36.6 Å². The normalized spacial score (nSPS) is 17.8. The molecule has 1 aromatic heterocycles. The van der Waals surface area contributed by atoms with E-state index in [9.17, 15) is 9.59 Å². The smallest absolute Gasteiger partial charge is 0.242 e. The summed E-state index contributed by atoms with van der Waals surface area (Å²) in [7, 11) is 1.62. The highest BCUT2D eigenvalue weighted by Crippen LogP contribution is 2.42. The number of hydrogen-bond donors (Lipinski definition) is 1. The Hall–Kier alpha value is -2.77. The van der Waals surface area contributed by atoms with Crippen molar-refractivity contribution < 1.29 is 14.3 Å². The maximum atomic E-state index is 13.6. The Labute approximate surface area is 196 Å². The molecular formula is C26H34N4O3. The van der Waals surface area contributed by atoms with Crippen LogP contribution in [0, 0.1) is 18.3 Å². The van der Waals surface area contributed by atoms with E-state index < -0.39 is 5.41 Å². The number of carbonyl (C=O) groups is 2. The molecule has 0 bridgehead atoms. The Morgan fingerprint density at radius 3 is 2.55 bits per heavy atom. The fourth-order valence-electron chi connectivity index (χ4n) is 4.30. The molecule has 2 aromatic rings. The monoisotopic (exact) mass is 450 g/mol. The number of ether oxygens (including phenoxy) is 1. The first-order chi connectivity index (χ1) is 15.8. The van der Waals surface area contributed by atoms with Gasteiger partial charge in [0.1, 0.15) is 5.41 Å². The highest BCUT2D eigenvalue weighted by Gasteiger charge is 2.47. The summed E-state index contributed by atoms with van der Waals surface area (Å²) in [5, 5.41) is 3.49. The number of methoxy groups -OCH3 is 1. The van der Waals surface area contributed by atoms with Gasteiger partial charge in [0, 0.05) is 45.2 Å². The molecule has 0 atom stereocenters. The third-order valence-corrected chi connectivity index (χ3v) is 6.60. The minimum absolute atomic E-state index is 0.128. The Bertz CT molecular complexity index is 1030. The van der Waals surface area contributed by atoms with Crippen molar-refractivity contribution in [3.8, 4) is 0 Å². The van der Waals surface area contributed by atoms with Crippen LogP contribution in [0.15, 0.2) is 36.5 Å². The van der Waals surface area contributed by atoms with Gasteiger partial charge in [0.2, 0.25) is 11.8 Å². The van der Waals surface area contributed by atoms with Crippen molar-refractivity contribution >= 4 is 23.2 Å². The fraction of sp³-hybridized carbons (Fsp3) is 0.500. The minimum Gasteiger partial charge on any atom is -0.383 e. The van der Waals surface area contributed by atoms with Gasteiger partial charge in [0.25, 0.3) is 0 Å². The van der Waals surface area contributed by atoms with Crippen LogP contribution >= 0.6 is 0 Å². The van der Waals surface area contributed by atoms with Crippen LogP contribution in [0.3, 0.4) is 0 Å². The second kappa shape index (κ2) is 9.61. The molecule has 176 valence electrons. The predicted octanol–water partition coefficient (Wildman–Crippen LogP) is 3.44. The second-order valence-corrected chi connectivity index (χ2v) is 9.61. The van der Waals surface area contributed by atoms with Crippen LogP contribution in [0.5, 0.6) is 0 Å². The van der Waals surface area contributed by atoms with Gasteiger partial charge in [-0.1, -0.05) is 12.1 Å². The third-order valence-electron chi connectivity index (χ3n) is 6.60. The lowest BCUT2D eigenvalue weighted by atomic mass is 9.90. The number of rotatable bonds is 9. The van der Waals surface area contributed by atoms with E-state index in [0.29, 0.717) is 38.7 Å². The van der Waals surface area contributed by atoms with Crippen LogP contribution in [-0.4, -0.2) is 43.6 Å². The van der Waals surface area contributed by atoms with Crippen LogP contribution in [0.2, 0.25) is 0 Å². The maximum absolute atomic E-state index is 13.6. The molecule has 2 aliphatic rings. The lowest BCUT2D eigenvalue weighted by molar-refractivity contribution is -0.137. The minimum atomic E-state index is -1.13. The van der Waals surface area contributed by atoms with Gasteiger partial charge in [0.05, 0.1) is 18.0 Å². The Balaban J connectivity index is 1.64. The number of anilines is 2. The quantitative estimate of drug-likeness (QED) is 0.593. The van der Waals surface area contributed by atoms with Crippen molar-refractivity contribution in [1.82, 2.24) is 10.3 Å². The first kappa shape index (κ1) is 23.4. The van der Waals surface area contributed by atoms with E-state index >= 15 is 0 Å². The molecule has 1 fully saturated rings. The zero-order valence-corrected chi connectivity index (χ0v) is 20.1. The van der Waals surface area contributed by atoms with Crippen LogP contribution in [-0.2, 0) is 27.4 Å². The molecule has 7 heteroatoms. The number of aromatic nitrogens is 1. The number of carbonyl (C=O) groups excluding carboxylic acids is 2. The van der Waals surface area contributed by atoms with E-state index in [0.717, 1.165) is 41.0 Å². The highest BCUT2D eigenvalue weighted by molar-refractivity contribution is 6.20. The standard InChI is InChI=1S/C26H34N4O3/c1-18-21(6-5-11-28-18)16-27-15-20-9-10-22-23(14-20)30(17-19-7-8-19)25(32)26(2,3)24(31)29(22)12-13-33-4/h5-6,9-11,14,19,27H,7-8,12-13,15-17H2,1-4H3. The zero-order valence-electron chi connectivity index (χ0n) is 20.1. The summed E-state index contributed by atoms with van der Waals surface area (Å²) in [6.07, 6.45) is 4.06. The van der Waals surface area contributed by atoms with Gasteiger partial charge in [-0.05, 0) is 68.9 Å². The number of hydrogen-bond acceptors (Lipinski definition) is 5. The van der Waals surface area contributed by atoms with Gasteiger partial charge in [-0.2, -0.15) is 0 Å². The summed E-state index contributed by atoms with van der Waals surface area (Å²) in [4.78, 5) is 35.0. The van der Waals surface area contributed by atoms with Crippen molar-refractivity contribution in [2.45, 2.75) is 46.7 Å². The number of amides is 2. The Morgan fingerprint density at radius 1 is 1.09 bits per heavy atom. The molecule has 0 spiro atoms. The molecule has 7 nitrogen and oxygen atoms in total. The second-order valence-electron chi connectivity index (χ2n) is 9.61. The van der Waals surface area contributed by atoms with E-state index in [2.05, 4.69) is 22.4 Å². The number of aryl methyl sites for hydroxylation is 1. The molecule has 1 saturated carbocycles. The van der Waals surface area contributed by atoms with E-state index in [1.54, 1.807) is 32.1 Å². The number of fused-ring (bicyclic) bond motifs is 1. The highest BCUT2D eigenvalue weighted by atomic mass is 16.5. The first-order valence-electron chi connectivity index (χ1n) is 11.7. The molecule has 4 rings (SSSR count). The van der Waals surface area contributed by atoms with Gasteiger partial charge in [0.15, 0.2) is 0 Å². The van der Waals surface area contributed by atoms with E-state index in [1.165, 1.54) is 0 Å². The molecular weight excluding hydrogens is 416 g/mol. The van der Waals surface area contributed by atoms with Gasteiger partial charge < -0.3 is 19.9 Å². The molecule has 1 N–H and O–H groups in total. The van der Waals surface area contributed by atoms with Crippen LogP contribution in [0.4, 0.5) is 11.4 Å². The van der Waals surface area contributed by atoms with Crippen molar-refractivity contribution in [2.24, 2.45) is 11.3 Å². The fourth-order valence-corrected chi connectivity index (χ4v) is 4.30. The third kappa shape index (κ3) is 4.94. The molecule has 0 unspecified atom stereocenters. The molecule has 33 heavy (non-hydrogen) atoms. The van der Waals surface area contributed by atoms with Gasteiger partial charge >= 0.3 is 0 Å². The topological polar surface area (TPSA) is 74.8 Å². The van der Waals surface area contributed by atoms with Gasteiger partial charge in [-0.15, -0.1) is 0 Å². The average molecular weight is 451 g/mol. The SMILES string of the molecule is COCCN1C(=O)C(C)(C)C(=O)N(CC2CC2)c2cc(CNCc3cccnc3C)ccc21. The summed E-state index contributed by atoms with van der Waals surface area (Å²) in [6.45, 7) is 8.33. The molecule has 0 radical (unpaired) electrons. The summed E-state index contributed by atoms with van der Waals surface area (Å²) in [6, 6.07) is 10.1. The van der Waals surface area contributed by atoms with Crippen molar-refractivity contribution in [1.29, 1.82) is 0 Å². The predicted molar refractivity (Wildman–Crippen MR) is 129 cm³/mol. The number of benzene rings is 1. The zero-order chi connectivity index (χ0) is 23.6. The molecule has 1 aliphatic heterocycles. The van der Waals surface area contributed by atoms with E-state index in [4.69, 9.17) is 4.74 Å². The average Bonchev–Trinajstić information content (AvgIpc) is 3.63. The Morgan fingerprint density at radius 2 is 1.85 bits per heavy atom. The Kier molecular flexibility index (Phi) is 6.81. The largest absolute Gasteiger partial charge is 0.383 e. The van der Waals surface area contributed by atoms with Crippen LogP contribution < -0.4 is 15.1 Å². The van der Waals surface area contributed by atoms with Gasteiger partial charge in [-0.3, -0.25) is 14.6 Å². The number of nitrogens with one attached hydrogen (secondary N) is 1. The van der Waals surface area contributed by atoms with Crippen LogP contribution in [0.1, 0.15) is 43.5 Å². The van der Waals surface area contributed by atoms with E-state index in [-0.39, 0.29) is 11.8 Å². The lowest BCUT2D eigenvalue weighted by Crippen LogP contribution is -2.49. The molecule has 0 saturated heterocycles. The summed E-state index contributed by atoms with van der Waals surface area (Å²) >= 11 is 0. The maximum Gasteiger partial charge on any atom is 0.242 e. The summed E-state index contributed by atoms with van der Waals surface area (Å²) < 4.78 is 5.27. The summed E-state index contributed by atoms with van der Waals surface area (Å²) in [5.41, 5.74) is 3.72. The number of pyridine rings is 1. The van der Waals surface area contributed by atoms with E-state index in [1.807, 2.05) is 30.0 Å². The van der Waals surface area contributed by atoms with Crippen molar-refractivity contribution in [3.63, 3.8) is 0 Å². The summed E-state index contributed by atoms with van der Waals surface area (Å²) in [5.74, 6) is 0.201. The van der Waals surface area contributed by atoms with Gasteiger partial charge in [-0.25, -0.2) is 0 Å².